The van der Waals surface area contributed by atoms with Gasteiger partial charge in [-0.3, -0.25) is 4.99 Å². The maximum absolute atomic E-state index is 5.62. The molecule has 1 saturated heterocycles. The summed E-state index contributed by atoms with van der Waals surface area (Å²) in [5.41, 5.74) is 1.88. The van der Waals surface area contributed by atoms with Gasteiger partial charge < -0.3 is 19.5 Å². The summed E-state index contributed by atoms with van der Waals surface area (Å²) in [7, 11) is 1.85. The molecule has 0 aliphatic carbocycles. The summed E-state index contributed by atoms with van der Waals surface area (Å²) < 4.78 is 5.62. The van der Waals surface area contributed by atoms with Gasteiger partial charge in [0.25, 0.3) is 0 Å². The molecule has 0 amide bonds. The van der Waals surface area contributed by atoms with E-state index < -0.39 is 0 Å². The Bertz CT molecular complexity index is 729. The SMILES string of the molecule is CCN(CC)CC1CCN(C(=NC)NCc2coc(-c3ccccc3)n2)C1.I. The minimum absolute atomic E-state index is 0. The highest BCUT2D eigenvalue weighted by Gasteiger charge is 2.26. The zero-order valence-corrected chi connectivity index (χ0v) is 19.4. The first-order valence-electron chi connectivity index (χ1n) is 9.91. The normalized spacial score (nSPS) is 17.1. The van der Waals surface area contributed by atoms with E-state index in [1.54, 1.807) is 6.26 Å². The van der Waals surface area contributed by atoms with Crippen LogP contribution in [0.2, 0.25) is 0 Å². The maximum Gasteiger partial charge on any atom is 0.226 e. The molecular weight excluding hydrogens is 465 g/mol. The van der Waals surface area contributed by atoms with E-state index in [-0.39, 0.29) is 24.0 Å². The van der Waals surface area contributed by atoms with Crippen molar-refractivity contribution in [1.29, 1.82) is 0 Å². The Labute approximate surface area is 185 Å². The molecule has 0 spiro atoms. The molecule has 154 valence electrons. The van der Waals surface area contributed by atoms with E-state index in [0.29, 0.717) is 18.4 Å². The fourth-order valence-corrected chi connectivity index (χ4v) is 3.62. The molecule has 0 bridgehead atoms. The van der Waals surface area contributed by atoms with E-state index in [1.807, 2.05) is 37.4 Å². The molecular formula is C21H32IN5O. The van der Waals surface area contributed by atoms with Crippen molar-refractivity contribution in [1.82, 2.24) is 20.1 Å². The zero-order chi connectivity index (χ0) is 19.1. The number of aromatic nitrogens is 1. The summed E-state index contributed by atoms with van der Waals surface area (Å²) >= 11 is 0. The standard InChI is InChI=1S/C21H31N5O.HI/c1-4-25(5-2)14-17-11-12-26(15-17)21(22-3)23-13-19-16-27-20(24-19)18-9-7-6-8-10-18;/h6-10,16-17H,4-5,11-15H2,1-3H3,(H,22,23);1H. The van der Waals surface area contributed by atoms with E-state index in [0.717, 1.165) is 43.4 Å². The maximum atomic E-state index is 5.62. The summed E-state index contributed by atoms with van der Waals surface area (Å²) in [5, 5.41) is 3.43. The lowest BCUT2D eigenvalue weighted by Crippen LogP contribution is -2.40. The molecule has 1 aliphatic rings. The van der Waals surface area contributed by atoms with Gasteiger partial charge in [-0.05, 0) is 37.6 Å². The van der Waals surface area contributed by atoms with Crippen LogP contribution in [0, 0.1) is 5.92 Å². The van der Waals surface area contributed by atoms with Crippen LogP contribution in [0.15, 0.2) is 46.0 Å². The lowest BCUT2D eigenvalue weighted by molar-refractivity contribution is 0.255. The molecule has 1 N–H and O–H groups in total. The Morgan fingerprint density at radius 2 is 2.04 bits per heavy atom. The largest absolute Gasteiger partial charge is 0.444 e. The second kappa shape index (κ2) is 11.4. The molecule has 0 radical (unpaired) electrons. The number of benzene rings is 1. The lowest BCUT2D eigenvalue weighted by atomic mass is 10.1. The number of nitrogens with zero attached hydrogens (tertiary/aromatic N) is 4. The number of rotatable bonds is 7. The van der Waals surface area contributed by atoms with Crippen molar-refractivity contribution < 1.29 is 4.42 Å². The van der Waals surface area contributed by atoms with Gasteiger partial charge in [-0.2, -0.15) is 0 Å². The Hall–Kier alpha value is -1.61. The summed E-state index contributed by atoms with van der Waals surface area (Å²) in [4.78, 5) is 13.9. The molecule has 6 nitrogen and oxygen atoms in total. The van der Waals surface area contributed by atoms with E-state index in [4.69, 9.17) is 4.42 Å². The number of halogens is 1. The van der Waals surface area contributed by atoms with Crippen molar-refractivity contribution in [3.05, 3.63) is 42.3 Å². The molecule has 1 aliphatic heterocycles. The van der Waals surface area contributed by atoms with Crippen LogP contribution in [-0.2, 0) is 6.54 Å². The predicted molar refractivity (Wildman–Crippen MR) is 125 cm³/mol. The smallest absolute Gasteiger partial charge is 0.226 e. The topological polar surface area (TPSA) is 56.9 Å². The van der Waals surface area contributed by atoms with Gasteiger partial charge in [0.1, 0.15) is 6.26 Å². The number of guanidine groups is 1. The molecule has 0 saturated carbocycles. The molecule has 28 heavy (non-hydrogen) atoms. The van der Waals surface area contributed by atoms with Crippen LogP contribution in [0.1, 0.15) is 26.0 Å². The van der Waals surface area contributed by atoms with Crippen molar-refractivity contribution in [2.24, 2.45) is 10.9 Å². The molecule has 7 heteroatoms. The second-order valence-corrected chi connectivity index (χ2v) is 7.00. The molecule has 2 aromatic rings. The lowest BCUT2D eigenvalue weighted by Gasteiger charge is -2.24. The van der Waals surface area contributed by atoms with Gasteiger partial charge in [0.05, 0.1) is 12.2 Å². The summed E-state index contributed by atoms with van der Waals surface area (Å²) in [5.74, 6) is 2.31. The summed E-state index contributed by atoms with van der Waals surface area (Å²) in [6.45, 7) is 10.6. The molecule has 3 rings (SSSR count). The molecule has 1 atom stereocenters. The second-order valence-electron chi connectivity index (χ2n) is 7.00. The first-order valence-corrected chi connectivity index (χ1v) is 9.91. The zero-order valence-electron chi connectivity index (χ0n) is 17.1. The molecule has 1 fully saturated rings. The predicted octanol–water partition coefficient (Wildman–Crippen LogP) is 3.70. The number of hydrogen-bond acceptors (Lipinski definition) is 4. The fourth-order valence-electron chi connectivity index (χ4n) is 3.62. The van der Waals surface area contributed by atoms with E-state index in [1.165, 1.54) is 13.0 Å². The Balaban J connectivity index is 0.00000280. The van der Waals surface area contributed by atoms with Crippen LogP contribution >= 0.6 is 24.0 Å². The monoisotopic (exact) mass is 497 g/mol. The summed E-state index contributed by atoms with van der Waals surface area (Å²) in [6, 6.07) is 9.97. The average Bonchev–Trinajstić information content (AvgIpc) is 3.37. The van der Waals surface area contributed by atoms with Crippen molar-refractivity contribution in [3.8, 4) is 11.5 Å². The van der Waals surface area contributed by atoms with Gasteiger partial charge in [0.2, 0.25) is 5.89 Å². The first kappa shape index (κ1) is 22.7. The Kier molecular flexibility index (Phi) is 9.24. The van der Waals surface area contributed by atoms with E-state index in [9.17, 15) is 0 Å². The van der Waals surface area contributed by atoms with E-state index in [2.05, 4.69) is 38.9 Å². The van der Waals surface area contributed by atoms with Crippen LogP contribution in [-0.4, -0.2) is 60.5 Å². The third-order valence-electron chi connectivity index (χ3n) is 5.21. The minimum Gasteiger partial charge on any atom is -0.444 e. The number of nitrogens with one attached hydrogen (secondary N) is 1. The average molecular weight is 497 g/mol. The van der Waals surface area contributed by atoms with Gasteiger partial charge in [0, 0.05) is 32.2 Å². The van der Waals surface area contributed by atoms with Crippen molar-refractivity contribution in [2.75, 3.05) is 39.8 Å². The van der Waals surface area contributed by atoms with Crippen LogP contribution in [0.3, 0.4) is 0 Å². The number of aliphatic imine (C=N–C) groups is 1. The van der Waals surface area contributed by atoms with Gasteiger partial charge in [-0.15, -0.1) is 24.0 Å². The van der Waals surface area contributed by atoms with Gasteiger partial charge in [-0.1, -0.05) is 32.0 Å². The first-order chi connectivity index (χ1) is 13.2. The van der Waals surface area contributed by atoms with Crippen molar-refractivity contribution in [2.45, 2.75) is 26.8 Å². The van der Waals surface area contributed by atoms with Crippen LogP contribution < -0.4 is 5.32 Å². The number of likely N-dealkylation sites (tertiary alicyclic amines) is 1. The fraction of sp³-hybridized carbons (Fsp3) is 0.524. The van der Waals surface area contributed by atoms with Crippen molar-refractivity contribution in [3.63, 3.8) is 0 Å². The highest BCUT2D eigenvalue weighted by atomic mass is 127. The number of oxazole rings is 1. The van der Waals surface area contributed by atoms with Gasteiger partial charge in [-0.25, -0.2) is 4.98 Å². The van der Waals surface area contributed by atoms with Crippen LogP contribution in [0.5, 0.6) is 0 Å². The van der Waals surface area contributed by atoms with Crippen LogP contribution in [0.4, 0.5) is 0 Å². The highest BCUT2D eigenvalue weighted by molar-refractivity contribution is 14.0. The van der Waals surface area contributed by atoms with Crippen LogP contribution in [0.25, 0.3) is 11.5 Å². The van der Waals surface area contributed by atoms with Crippen molar-refractivity contribution >= 4 is 29.9 Å². The Morgan fingerprint density at radius 1 is 1.29 bits per heavy atom. The molecule has 1 unspecified atom stereocenters. The summed E-state index contributed by atoms with van der Waals surface area (Å²) in [6.07, 6.45) is 2.94. The Morgan fingerprint density at radius 3 is 2.71 bits per heavy atom. The van der Waals surface area contributed by atoms with Gasteiger partial charge in [0.15, 0.2) is 5.96 Å². The highest BCUT2D eigenvalue weighted by Crippen LogP contribution is 2.19. The van der Waals surface area contributed by atoms with Gasteiger partial charge >= 0.3 is 0 Å². The quantitative estimate of drug-likeness (QED) is 0.359. The van der Waals surface area contributed by atoms with E-state index >= 15 is 0 Å². The third-order valence-corrected chi connectivity index (χ3v) is 5.21. The number of hydrogen-bond donors (Lipinski definition) is 1. The molecule has 1 aromatic carbocycles. The third kappa shape index (κ3) is 5.94. The minimum atomic E-state index is 0. The molecule has 1 aromatic heterocycles. The molecule has 2 heterocycles.